The van der Waals surface area contributed by atoms with Gasteiger partial charge >= 0.3 is 0 Å². The predicted octanol–water partition coefficient (Wildman–Crippen LogP) is 3.14. The van der Waals surface area contributed by atoms with E-state index in [1.54, 1.807) is 6.07 Å². The second kappa shape index (κ2) is 5.73. The van der Waals surface area contributed by atoms with Crippen molar-refractivity contribution in [2.75, 3.05) is 18.5 Å². The lowest BCUT2D eigenvalue weighted by Gasteiger charge is -2.21. The summed E-state index contributed by atoms with van der Waals surface area (Å²) in [6.45, 7) is 1.79. The van der Waals surface area contributed by atoms with Crippen molar-refractivity contribution in [1.82, 2.24) is 5.32 Å². The van der Waals surface area contributed by atoms with Crippen LogP contribution in [0, 0.1) is 0 Å². The van der Waals surface area contributed by atoms with Crippen molar-refractivity contribution in [3.63, 3.8) is 0 Å². The number of benzene rings is 1. The van der Waals surface area contributed by atoms with E-state index >= 15 is 0 Å². The van der Waals surface area contributed by atoms with Gasteiger partial charge < -0.3 is 15.4 Å². The lowest BCUT2D eigenvalue weighted by Crippen LogP contribution is -2.25. The number of ether oxygens (including phenoxy) is 1. The molecule has 1 aliphatic rings. The first-order chi connectivity index (χ1) is 9.74. The van der Waals surface area contributed by atoms with Gasteiger partial charge in [0.1, 0.15) is 6.61 Å². The van der Waals surface area contributed by atoms with Crippen LogP contribution in [0.1, 0.15) is 15.2 Å². The van der Waals surface area contributed by atoms with E-state index in [9.17, 15) is 4.79 Å². The number of thiophene rings is 1. The fourth-order valence-corrected chi connectivity index (χ4v) is 3.09. The Morgan fingerprint density at radius 1 is 1.40 bits per heavy atom. The number of hydrogen-bond donors (Lipinski definition) is 2. The van der Waals surface area contributed by atoms with Crippen molar-refractivity contribution in [3.05, 3.63) is 45.1 Å². The predicted molar refractivity (Wildman–Crippen MR) is 80.9 cm³/mol. The van der Waals surface area contributed by atoms with Gasteiger partial charge in [-0.15, -0.1) is 11.3 Å². The number of fused-ring (bicyclic) bond motifs is 1. The van der Waals surface area contributed by atoms with Crippen LogP contribution in [0.2, 0.25) is 4.34 Å². The average Bonchev–Trinajstić information content (AvgIpc) is 2.90. The molecule has 2 heterocycles. The van der Waals surface area contributed by atoms with Crippen LogP contribution < -0.4 is 15.4 Å². The van der Waals surface area contributed by atoms with Crippen molar-refractivity contribution in [3.8, 4) is 5.75 Å². The number of halogens is 1. The second-order valence-corrected chi connectivity index (χ2v) is 6.15. The molecule has 1 aromatic carbocycles. The van der Waals surface area contributed by atoms with E-state index in [1.165, 1.54) is 11.3 Å². The quantitative estimate of drug-likeness (QED) is 0.916. The Labute approximate surface area is 125 Å². The fourth-order valence-electron chi connectivity index (χ4n) is 2.06. The number of nitrogens with one attached hydrogen (secondary N) is 2. The Morgan fingerprint density at radius 2 is 2.30 bits per heavy atom. The average molecular weight is 309 g/mol. The molecule has 0 atom stereocenters. The van der Waals surface area contributed by atoms with Gasteiger partial charge in [-0.25, -0.2) is 0 Å². The van der Waals surface area contributed by atoms with Gasteiger partial charge in [0.25, 0.3) is 5.91 Å². The molecule has 0 aliphatic carbocycles. The SMILES string of the molecule is O=C(NCc1ccc(Cl)s1)c1cccc2c1OCCN2. The van der Waals surface area contributed by atoms with Gasteiger partial charge in [0, 0.05) is 11.4 Å². The number of rotatable bonds is 3. The number of amides is 1. The molecule has 104 valence electrons. The summed E-state index contributed by atoms with van der Waals surface area (Å²) >= 11 is 7.33. The summed E-state index contributed by atoms with van der Waals surface area (Å²) in [5, 5.41) is 6.10. The van der Waals surface area contributed by atoms with Crippen molar-refractivity contribution in [2.45, 2.75) is 6.54 Å². The summed E-state index contributed by atoms with van der Waals surface area (Å²) in [5.74, 6) is 0.482. The highest BCUT2D eigenvalue weighted by molar-refractivity contribution is 7.16. The zero-order valence-corrected chi connectivity index (χ0v) is 12.2. The maximum atomic E-state index is 12.2. The molecule has 20 heavy (non-hydrogen) atoms. The van der Waals surface area contributed by atoms with E-state index in [4.69, 9.17) is 16.3 Å². The lowest BCUT2D eigenvalue weighted by molar-refractivity contribution is 0.0947. The molecular formula is C14H13ClN2O2S. The van der Waals surface area contributed by atoms with Gasteiger partial charge in [-0.3, -0.25) is 4.79 Å². The van der Waals surface area contributed by atoms with E-state index in [0.29, 0.717) is 24.5 Å². The molecule has 6 heteroatoms. The molecule has 4 nitrogen and oxygen atoms in total. The highest BCUT2D eigenvalue weighted by Gasteiger charge is 2.18. The number of carbonyl (C=O) groups excluding carboxylic acids is 1. The lowest BCUT2D eigenvalue weighted by atomic mass is 10.1. The van der Waals surface area contributed by atoms with Crippen molar-refractivity contribution < 1.29 is 9.53 Å². The van der Waals surface area contributed by atoms with E-state index in [1.807, 2.05) is 24.3 Å². The first kappa shape index (κ1) is 13.3. The van der Waals surface area contributed by atoms with Gasteiger partial charge in [-0.2, -0.15) is 0 Å². The largest absolute Gasteiger partial charge is 0.489 e. The van der Waals surface area contributed by atoms with Crippen molar-refractivity contribution >= 4 is 34.5 Å². The second-order valence-electron chi connectivity index (χ2n) is 4.35. The van der Waals surface area contributed by atoms with Crippen LogP contribution in [0.4, 0.5) is 5.69 Å². The first-order valence-electron chi connectivity index (χ1n) is 6.26. The molecule has 3 rings (SSSR count). The van der Waals surface area contributed by atoms with Crippen LogP contribution in [0.15, 0.2) is 30.3 Å². The maximum Gasteiger partial charge on any atom is 0.255 e. The molecule has 0 radical (unpaired) electrons. The highest BCUT2D eigenvalue weighted by atomic mass is 35.5. The summed E-state index contributed by atoms with van der Waals surface area (Å²) < 4.78 is 6.31. The zero-order valence-electron chi connectivity index (χ0n) is 10.6. The Kier molecular flexibility index (Phi) is 3.80. The Bertz CT molecular complexity index is 642. The summed E-state index contributed by atoms with van der Waals surface area (Å²) in [4.78, 5) is 13.3. The van der Waals surface area contributed by atoms with Gasteiger partial charge in [-0.1, -0.05) is 17.7 Å². The monoisotopic (exact) mass is 308 g/mol. The molecule has 0 unspecified atom stereocenters. The Hall–Kier alpha value is -1.72. The van der Waals surface area contributed by atoms with Crippen molar-refractivity contribution in [1.29, 1.82) is 0 Å². The smallest absolute Gasteiger partial charge is 0.255 e. The topological polar surface area (TPSA) is 50.4 Å². The van der Waals surface area contributed by atoms with Crippen molar-refractivity contribution in [2.24, 2.45) is 0 Å². The molecule has 1 aliphatic heterocycles. The third-order valence-electron chi connectivity index (χ3n) is 2.98. The number of anilines is 1. The minimum atomic E-state index is -0.143. The van der Waals surface area contributed by atoms with Gasteiger partial charge in [0.15, 0.2) is 5.75 Å². The van der Waals surface area contributed by atoms with Crippen LogP contribution in [0.25, 0.3) is 0 Å². The van der Waals surface area contributed by atoms with Crippen LogP contribution in [-0.4, -0.2) is 19.1 Å². The molecule has 2 aromatic rings. The van der Waals surface area contributed by atoms with Gasteiger partial charge in [0.2, 0.25) is 0 Å². The van der Waals surface area contributed by atoms with Gasteiger partial charge in [0.05, 0.1) is 22.1 Å². The third-order valence-corrected chi connectivity index (χ3v) is 4.21. The van der Waals surface area contributed by atoms with E-state index in [2.05, 4.69) is 10.6 Å². The number of hydrogen-bond acceptors (Lipinski definition) is 4. The molecule has 0 saturated heterocycles. The molecule has 2 N–H and O–H groups in total. The maximum absolute atomic E-state index is 12.2. The number of para-hydroxylation sites is 1. The zero-order chi connectivity index (χ0) is 13.9. The minimum absolute atomic E-state index is 0.143. The van der Waals surface area contributed by atoms with Crippen LogP contribution >= 0.6 is 22.9 Å². The molecule has 0 saturated carbocycles. The minimum Gasteiger partial charge on any atom is -0.489 e. The summed E-state index contributed by atoms with van der Waals surface area (Å²) in [6.07, 6.45) is 0. The Morgan fingerprint density at radius 3 is 3.10 bits per heavy atom. The molecule has 0 bridgehead atoms. The van der Waals surface area contributed by atoms with E-state index in [0.717, 1.165) is 21.4 Å². The summed E-state index contributed by atoms with van der Waals surface area (Å²) in [7, 11) is 0. The number of carbonyl (C=O) groups is 1. The first-order valence-corrected chi connectivity index (χ1v) is 7.45. The molecule has 0 fully saturated rings. The standard InChI is InChI=1S/C14H13ClN2O2S/c15-12-5-4-9(20-12)8-17-14(18)10-2-1-3-11-13(10)19-7-6-16-11/h1-5,16H,6-8H2,(H,17,18). The summed E-state index contributed by atoms with van der Waals surface area (Å²) in [6, 6.07) is 9.25. The summed E-state index contributed by atoms with van der Waals surface area (Å²) in [5.41, 5.74) is 1.42. The van der Waals surface area contributed by atoms with Crippen LogP contribution in [0.3, 0.4) is 0 Å². The van der Waals surface area contributed by atoms with E-state index in [-0.39, 0.29) is 5.91 Å². The van der Waals surface area contributed by atoms with Crippen LogP contribution in [-0.2, 0) is 6.54 Å². The molecule has 1 amide bonds. The van der Waals surface area contributed by atoms with E-state index < -0.39 is 0 Å². The van der Waals surface area contributed by atoms with Gasteiger partial charge in [-0.05, 0) is 24.3 Å². The highest BCUT2D eigenvalue weighted by Crippen LogP contribution is 2.31. The third kappa shape index (κ3) is 2.73. The molecule has 0 spiro atoms. The normalized spacial score (nSPS) is 13.1. The Balaban J connectivity index is 1.74. The fraction of sp³-hybridized carbons (Fsp3) is 0.214. The molecular weight excluding hydrogens is 296 g/mol. The van der Waals surface area contributed by atoms with Crippen LogP contribution in [0.5, 0.6) is 5.75 Å². The molecule has 1 aromatic heterocycles.